The number of nitrogens with zero attached hydrogens (tertiary/aromatic N) is 1. The molecule has 1 aromatic heterocycles. The van der Waals surface area contributed by atoms with Gasteiger partial charge in [0.2, 0.25) is 0 Å². The van der Waals surface area contributed by atoms with E-state index in [1.54, 1.807) is 17.8 Å². The van der Waals surface area contributed by atoms with Crippen LogP contribution in [0.4, 0.5) is 5.69 Å². The number of fused-ring (bicyclic) bond motifs is 2. The monoisotopic (exact) mass is 363 g/mol. The summed E-state index contributed by atoms with van der Waals surface area (Å²) in [6.45, 7) is 2.25. The number of thioether (sulfide) groups is 1. The third-order valence-electron chi connectivity index (χ3n) is 5.45. The molecular weight excluding hydrogens is 342 g/mol. The number of hydrogen-bond acceptors (Lipinski definition) is 4. The fraction of sp³-hybridized carbons (Fsp3) is 0.318. The van der Waals surface area contributed by atoms with Crippen molar-refractivity contribution in [1.29, 1.82) is 0 Å². The lowest BCUT2D eigenvalue weighted by molar-refractivity contribution is 0.548. The quantitative estimate of drug-likeness (QED) is 0.495. The van der Waals surface area contributed by atoms with Crippen LogP contribution in [0.2, 0.25) is 0 Å². The van der Waals surface area contributed by atoms with E-state index in [1.807, 2.05) is 6.07 Å². The van der Waals surface area contributed by atoms with Gasteiger partial charge in [-0.1, -0.05) is 18.2 Å². The Morgan fingerprint density at radius 1 is 1.04 bits per heavy atom. The molecule has 0 amide bonds. The second-order valence-corrected chi connectivity index (χ2v) is 8.17. The molecular formula is C22H21NO2S. The summed E-state index contributed by atoms with van der Waals surface area (Å²) in [6.07, 6.45) is 4.48. The zero-order valence-corrected chi connectivity index (χ0v) is 15.5. The molecule has 0 saturated heterocycles. The molecule has 0 aliphatic carbocycles. The molecule has 0 radical (unpaired) electrons. The highest BCUT2D eigenvalue weighted by Crippen LogP contribution is 2.41. The summed E-state index contributed by atoms with van der Waals surface area (Å²) in [5.41, 5.74) is 5.72. The molecule has 4 heteroatoms. The highest BCUT2D eigenvalue weighted by Gasteiger charge is 2.27. The molecule has 0 unspecified atom stereocenters. The Bertz CT molecular complexity index is 1020. The molecule has 26 heavy (non-hydrogen) atoms. The lowest BCUT2D eigenvalue weighted by Crippen LogP contribution is -2.34. The molecule has 2 aliphatic rings. The smallest absolute Gasteiger partial charge is 0.336 e. The van der Waals surface area contributed by atoms with Crippen molar-refractivity contribution in [2.75, 3.05) is 18.0 Å². The van der Waals surface area contributed by atoms with E-state index in [0.717, 1.165) is 54.6 Å². The van der Waals surface area contributed by atoms with Crippen LogP contribution in [0.25, 0.3) is 11.0 Å². The van der Waals surface area contributed by atoms with Crippen LogP contribution in [0.5, 0.6) is 0 Å². The van der Waals surface area contributed by atoms with Gasteiger partial charge in [-0.3, -0.25) is 0 Å². The lowest BCUT2D eigenvalue weighted by Gasteiger charge is -2.37. The molecule has 0 fully saturated rings. The van der Waals surface area contributed by atoms with E-state index in [0.29, 0.717) is 0 Å². The minimum atomic E-state index is -0.231. The summed E-state index contributed by atoms with van der Waals surface area (Å²) in [7, 11) is 0. The third kappa shape index (κ3) is 2.73. The standard InChI is InChI=1S/C22H21NO2S/c24-20-13-16(14-26-17-7-2-1-3-8-17)19-12-15-6-4-10-23-11-5-9-18(21(15)23)22(19)25-20/h1-3,7-8,12-13H,4-6,9-11,14H2. The summed E-state index contributed by atoms with van der Waals surface area (Å²) in [6, 6.07) is 14.3. The molecule has 2 aromatic carbocycles. The molecule has 5 rings (SSSR count). The van der Waals surface area contributed by atoms with Crippen molar-refractivity contribution >= 4 is 28.4 Å². The van der Waals surface area contributed by atoms with Crippen molar-refractivity contribution in [1.82, 2.24) is 0 Å². The van der Waals surface area contributed by atoms with Crippen molar-refractivity contribution < 1.29 is 4.42 Å². The Morgan fingerprint density at radius 2 is 1.85 bits per heavy atom. The van der Waals surface area contributed by atoms with E-state index >= 15 is 0 Å². The van der Waals surface area contributed by atoms with Crippen molar-refractivity contribution in [2.45, 2.75) is 36.3 Å². The average molecular weight is 363 g/mol. The van der Waals surface area contributed by atoms with Crippen LogP contribution >= 0.6 is 11.8 Å². The first-order valence-corrected chi connectivity index (χ1v) is 10.3. The van der Waals surface area contributed by atoms with Gasteiger partial charge in [-0.05, 0) is 55.0 Å². The largest absolute Gasteiger partial charge is 0.422 e. The van der Waals surface area contributed by atoms with E-state index in [2.05, 4.69) is 35.2 Å². The number of anilines is 1. The first-order valence-electron chi connectivity index (χ1n) is 9.34. The summed E-state index contributed by atoms with van der Waals surface area (Å²) in [5, 5.41) is 1.13. The van der Waals surface area contributed by atoms with Crippen LogP contribution in [0.1, 0.15) is 29.5 Å². The molecule has 2 aliphatic heterocycles. The van der Waals surface area contributed by atoms with Gasteiger partial charge in [0.15, 0.2) is 0 Å². The molecule has 3 nitrogen and oxygen atoms in total. The molecule has 0 bridgehead atoms. The van der Waals surface area contributed by atoms with Gasteiger partial charge in [-0.25, -0.2) is 4.79 Å². The van der Waals surface area contributed by atoms with E-state index in [1.165, 1.54) is 28.1 Å². The van der Waals surface area contributed by atoms with E-state index < -0.39 is 0 Å². The molecule has 0 atom stereocenters. The van der Waals surface area contributed by atoms with Gasteiger partial charge in [0.1, 0.15) is 5.58 Å². The lowest BCUT2D eigenvalue weighted by atomic mass is 9.89. The van der Waals surface area contributed by atoms with Gasteiger partial charge < -0.3 is 9.32 Å². The Labute approximate surface area is 157 Å². The third-order valence-corrected chi connectivity index (χ3v) is 6.51. The molecule has 132 valence electrons. The van der Waals surface area contributed by atoms with Crippen molar-refractivity contribution in [3.05, 3.63) is 69.6 Å². The van der Waals surface area contributed by atoms with Gasteiger partial charge in [-0.2, -0.15) is 0 Å². The van der Waals surface area contributed by atoms with Crippen molar-refractivity contribution in [3.63, 3.8) is 0 Å². The van der Waals surface area contributed by atoms with Gasteiger partial charge in [-0.15, -0.1) is 11.8 Å². The first-order chi connectivity index (χ1) is 12.8. The first kappa shape index (κ1) is 16.0. The molecule has 0 N–H and O–H groups in total. The van der Waals surface area contributed by atoms with Gasteiger partial charge in [0.05, 0.1) is 0 Å². The van der Waals surface area contributed by atoms with Crippen molar-refractivity contribution in [3.8, 4) is 0 Å². The number of aryl methyl sites for hydroxylation is 2. The zero-order chi connectivity index (χ0) is 17.5. The van der Waals surface area contributed by atoms with Gasteiger partial charge in [0, 0.05) is 46.4 Å². The topological polar surface area (TPSA) is 33.5 Å². The SMILES string of the molecule is O=c1cc(CSc2ccccc2)c2cc3c4c(c2o1)CCCN4CCC3. The summed E-state index contributed by atoms with van der Waals surface area (Å²) in [5.74, 6) is 0.786. The van der Waals surface area contributed by atoms with E-state index in [9.17, 15) is 4.79 Å². The Morgan fingerprint density at radius 3 is 2.69 bits per heavy atom. The Balaban J connectivity index is 1.64. The van der Waals surface area contributed by atoms with Crippen LogP contribution in [-0.2, 0) is 18.6 Å². The Kier molecular flexibility index (Phi) is 4.01. The minimum absolute atomic E-state index is 0.231. The fourth-order valence-corrected chi connectivity index (χ4v) is 5.24. The summed E-state index contributed by atoms with van der Waals surface area (Å²) >= 11 is 1.77. The van der Waals surface area contributed by atoms with Crippen LogP contribution in [0.3, 0.4) is 0 Å². The molecule has 0 spiro atoms. The van der Waals surface area contributed by atoms with Gasteiger partial charge in [0.25, 0.3) is 0 Å². The average Bonchev–Trinajstić information content (AvgIpc) is 2.68. The van der Waals surface area contributed by atoms with E-state index in [-0.39, 0.29) is 5.63 Å². The van der Waals surface area contributed by atoms with Crippen molar-refractivity contribution in [2.24, 2.45) is 0 Å². The van der Waals surface area contributed by atoms with Crippen LogP contribution < -0.4 is 10.5 Å². The maximum Gasteiger partial charge on any atom is 0.336 e. The van der Waals surface area contributed by atoms with Crippen LogP contribution in [0, 0.1) is 0 Å². The highest BCUT2D eigenvalue weighted by molar-refractivity contribution is 7.98. The molecule has 0 saturated carbocycles. The highest BCUT2D eigenvalue weighted by atomic mass is 32.2. The normalized spacial score (nSPS) is 15.9. The second-order valence-electron chi connectivity index (χ2n) is 7.13. The Hall–Kier alpha value is -2.20. The molecule has 3 aromatic rings. The maximum atomic E-state index is 12.3. The van der Waals surface area contributed by atoms with Crippen LogP contribution in [0.15, 0.2) is 56.6 Å². The second kappa shape index (κ2) is 6.51. The van der Waals surface area contributed by atoms with E-state index in [4.69, 9.17) is 4.42 Å². The predicted molar refractivity (Wildman–Crippen MR) is 107 cm³/mol. The summed E-state index contributed by atoms with van der Waals surface area (Å²) < 4.78 is 5.73. The minimum Gasteiger partial charge on any atom is -0.422 e. The van der Waals surface area contributed by atoms with Gasteiger partial charge >= 0.3 is 5.63 Å². The maximum absolute atomic E-state index is 12.3. The number of rotatable bonds is 3. The number of hydrogen-bond donors (Lipinski definition) is 0. The predicted octanol–water partition coefficient (Wildman–Crippen LogP) is 4.78. The van der Waals surface area contributed by atoms with Crippen LogP contribution in [-0.4, -0.2) is 13.1 Å². The molecule has 3 heterocycles. The zero-order valence-electron chi connectivity index (χ0n) is 14.7. The number of benzene rings is 2. The summed E-state index contributed by atoms with van der Waals surface area (Å²) in [4.78, 5) is 16.0. The fourth-order valence-electron chi connectivity index (χ4n) is 4.33.